The number of hydrogen-bond donors (Lipinski definition) is 1. The molecule has 4 nitrogen and oxygen atoms in total. The molecule has 1 heterocycles. The summed E-state index contributed by atoms with van der Waals surface area (Å²) in [6.07, 6.45) is 3.05. The van der Waals surface area contributed by atoms with Crippen molar-refractivity contribution in [2.45, 2.75) is 0 Å². The van der Waals surface area contributed by atoms with E-state index in [1.807, 2.05) is 6.07 Å². The third-order valence-electron chi connectivity index (χ3n) is 2.45. The van der Waals surface area contributed by atoms with Crippen LogP contribution in [0.5, 0.6) is 0 Å². The van der Waals surface area contributed by atoms with Gasteiger partial charge in [0.15, 0.2) is 0 Å². The lowest BCUT2D eigenvalue weighted by Gasteiger charge is -2.02. The third-order valence-corrected chi connectivity index (χ3v) is 2.70. The molecule has 0 fully saturated rings. The first-order valence-corrected chi connectivity index (χ1v) is 6.16. The fraction of sp³-hybridized carbons (Fsp3) is 0. The van der Waals surface area contributed by atoms with Gasteiger partial charge in [0.05, 0.1) is 0 Å². The van der Waals surface area contributed by atoms with Crippen molar-refractivity contribution in [3.05, 3.63) is 64.8 Å². The summed E-state index contributed by atoms with van der Waals surface area (Å²) in [4.78, 5) is 15.9. The summed E-state index contributed by atoms with van der Waals surface area (Å²) in [5.41, 5.74) is 0.722. The maximum absolute atomic E-state index is 11.9. The molecule has 98 valence electrons. The van der Waals surface area contributed by atoms with Crippen molar-refractivity contribution < 1.29 is 4.79 Å². The lowest BCUT2D eigenvalue weighted by Crippen LogP contribution is -2.14. The molecule has 1 aromatic carbocycles. The molecule has 0 atom stereocenters. The highest BCUT2D eigenvalue weighted by molar-refractivity contribution is 6.30. The molecule has 0 radical (unpaired) electrons. The van der Waals surface area contributed by atoms with Crippen LogP contribution in [0.15, 0.2) is 54.2 Å². The van der Waals surface area contributed by atoms with Gasteiger partial charge in [-0.25, -0.2) is 4.98 Å². The van der Waals surface area contributed by atoms with E-state index in [1.54, 1.807) is 48.7 Å². The van der Waals surface area contributed by atoms with Crippen molar-refractivity contribution in [1.29, 1.82) is 5.26 Å². The van der Waals surface area contributed by atoms with E-state index in [0.29, 0.717) is 10.8 Å². The van der Waals surface area contributed by atoms with Crippen molar-refractivity contribution in [2.24, 2.45) is 0 Å². The van der Waals surface area contributed by atoms with Crippen molar-refractivity contribution >= 4 is 29.4 Å². The fourth-order valence-electron chi connectivity index (χ4n) is 1.49. The van der Waals surface area contributed by atoms with Gasteiger partial charge in [-0.15, -0.1) is 0 Å². The summed E-state index contributed by atoms with van der Waals surface area (Å²) in [5.74, 6) is -0.101. The highest BCUT2D eigenvalue weighted by Gasteiger charge is 2.09. The molecule has 0 aliphatic heterocycles. The van der Waals surface area contributed by atoms with Crippen LogP contribution < -0.4 is 5.32 Å². The maximum Gasteiger partial charge on any atom is 0.267 e. The van der Waals surface area contributed by atoms with Gasteiger partial charge in [-0.3, -0.25) is 4.79 Å². The number of amides is 1. The molecule has 1 N–H and O–H groups in total. The Kier molecular flexibility index (Phi) is 4.48. The second-order valence-corrected chi connectivity index (χ2v) is 4.33. The minimum absolute atomic E-state index is 0.00187. The minimum atomic E-state index is -0.499. The zero-order chi connectivity index (χ0) is 14.4. The van der Waals surface area contributed by atoms with E-state index in [4.69, 9.17) is 16.9 Å². The number of pyridine rings is 1. The second kappa shape index (κ2) is 6.50. The second-order valence-electron chi connectivity index (χ2n) is 3.89. The molecule has 0 aliphatic carbocycles. The molecule has 0 spiro atoms. The Morgan fingerprint density at radius 2 is 2.00 bits per heavy atom. The Morgan fingerprint density at radius 3 is 2.60 bits per heavy atom. The summed E-state index contributed by atoms with van der Waals surface area (Å²) < 4.78 is 0. The first kappa shape index (κ1) is 13.8. The number of anilines is 1. The van der Waals surface area contributed by atoms with Crippen LogP contribution in [0.1, 0.15) is 5.56 Å². The Hall–Kier alpha value is -2.64. The van der Waals surface area contributed by atoms with Crippen LogP contribution in [0, 0.1) is 11.3 Å². The summed E-state index contributed by atoms with van der Waals surface area (Å²) in [5, 5.41) is 12.2. The SMILES string of the molecule is N#C/C(=C\c1ccc(Cl)cc1)C(=O)Nc1ccccn1. The van der Waals surface area contributed by atoms with Crippen LogP contribution in [-0.2, 0) is 4.79 Å². The van der Waals surface area contributed by atoms with Crippen LogP contribution in [-0.4, -0.2) is 10.9 Å². The number of rotatable bonds is 3. The number of carbonyl (C=O) groups excluding carboxylic acids is 1. The predicted octanol–water partition coefficient (Wildman–Crippen LogP) is 3.28. The minimum Gasteiger partial charge on any atom is -0.306 e. The summed E-state index contributed by atoms with van der Waals surface area (Å²) >= 11 is 5.78. The summed E-state index contributed by atoms with van der Waals surface area (Å²) in [6.45, 7) is 0. The molecule has 20 heavy (non-hydrogen) atoms. The van der Waals surface area contributed by atoms with Crippen molar-refractivity contribution in [1.82, 2.24) is 4.98 Å². The van der Waals surface area contributed by atoms with Gasteiger partial charge < -0.3 is 5.32 Å². The molecule has 1 aromatic heterocycles. The monoisotopic (exact) mass is 283 g/mol. The highest BCUT2D eigenvalue weighted by atomic mass is 35.5. The van der Waals surface area contributed by atoms with Crippen LogP contribution in [0.3, 0.4) is 0 Å². The number of benzene rings is 1. The molecular weight excluding hydrogens is 274 g/mol. The number of nitrogens with one attached hydrogen (secondary N) is 1. The smallest absolute Gasteiger partial charge is 0.267 e. The number of carbonyl (C=O) groups is 1. The van der Waals surface area contributed by atoms with E-state index >= 15 is 0 Å². The Balaban J connectivity index is 2.18. The predicted molar refractivity (Wildman–Crippen MR) is 77.9 cm³/mol. The number of nitriles is 1. The summed E-state index contributed by atoms with van der Waals surface area (Å²) in [6, 6.07) is 13.9. The molecule has 1 amide bonds. The lowest BCUT2D eigenvalue weighted by atomic mass is 10.1. The van der Waals surface area contributed by atoms with E-state index in [2.05, 4.69) is 10.3 Å². The zero-order valence-electron chi connectivity index (χ0n) is 10.4. The molecular formula is C15H10ClN3O. The van der Waals surface area contributed by atoms with Crippen molar-refractivity contribution in [3.8, 4) is 6.07 Å². The van der Waals surface area contributed by atoms with Gasteiger partial charge in [0.25, 0.3) is 5.91 Å². The quantitative estimate of drug-likeness (QED) is 0.694. The standard InChI is InChI=1S/C15H10ClN3O/c16-13-6-4-11(5-7-13)9-12(10-17)15(20)19-14-3-1-2-8-18-14/h1-9H,(H,18,19,20)/b12-9+. The van der Waals surface area contributed by atoms with Crippen molar-refractivity contribution in [2.75, 3.05) is 5.32 Å². The molecule has 0 unspecified atom stereocenters. The number of aromatic nitrogens is 1. The maximum atomic E-state index is 11.9. The fourth-order valence-corrected chi connectivity index (χ4v) is 1.62. The van der Waals surface area contributed by atoms with Crippen molar-refractivity contribution in [3.63, 3.8) is 0 Å². The van der Waals surface area contributed by atoms with Crippen LogP contribution in [0.25, 0.3) is 6.08 Å². The van der Waals surface area contributed by atoms with Crippen LogP contribution in [0.4, 0.5) is 5.82 Å². The highest BCUT2D eigenvalue weighted by Crippen LogP contribution is 2.13. The third kappa shape index (κ3) is 3.67. The average Bonchev–Trinajstić information content (AvgIpc) is 2.47. The Morgan fingerprint density at radius 1 is 1.25 bits per heavy atom. The topological polar surface area (TPSA) is 65.8 Å². The Bertz CT molecular complexity index is 673. The first-order valence-electron chi connectivity index (χ1n) is 5.79. The summed E-state index contributed by atoms with van der Waals surface area (Å²) in [7, 11) is 0. The molecule has 5 heteroatoms. The van der Waals surface area contributed by atoms with Gasteiger partial charge in [0.1, 0.15) is 17.5 Å². The van der Waals surface area contributed by atoms with Gasteiger partial charge in [0, 0.05) is 11.2 Å². The zero-order valence-corrected chi connectivity index (χ0v) is 11.1. The molecule has 2 aromatic rings. The van der Waals surface area contributed by atoms with E-state index in [-0.39, 0.29) is 5.57 Å². The normalized spacial score (nSPS) is 10.7. The van der Waals surface area contributed by atoms with Gasteiger partial charge in [-0.1, -0.05) is 29.8 Å². The van der Waals surface area contributed by atoms with E-state index in [1.165, 1.54) is 6.08 Å². The lowest BCUT2D eigenvalue weighted by molar-refractivity contribution is -0.112. The van der Waals surface area contributed by atoms with Gasteiger partial charge in [0.2, 0.25) is 0 Å². The first-order chi connectivity index (χ1) is 9.69. The molecule has 0 saturated heterocycles. The number of nitrogens with zero attached hydrogens (tertiary/aromatic N) is 2. The Labute approximate surface area is 121 Å². The molecule has 0 saturated carbocycles. The average molecular weight is 284 g/mol. The van der Waals surface area contributed by atoms with Gasteiger partial charge in [-0.05, 0) is 35.9 Å². The number of halogens is 1. The van der Waals surface area contributed by atoms with E-state index in [0.717, 1.165) is 5.56 Å². The van der Waals surface area contributed by atoms with Gasteiger partial charge in [-0.2, -0.15) is 5.26 Å². The molecule has 0 bridgehead atoms. The van der Waals surface area contributed by atoms with E-state index < -0.39 is 5.91 Å². The molecule has 0 aliphatic rings. The number of hydrogen-bond acceptors (Lipinski definition) is 3. The van der Waals surface area contributed by atoms with E-state index in [9.17, 15) is 4.79 Å². The van der Waals surface area contributed by atoms with Crippen LogP contribution >= 0.6 is 11.6 Å². The largest absolute Gasteiger partial charge is 0.306 e. The van der Waals surface area contributed by atoms with Crippen LogP contribution in [0.2, 0.25) is 5.02 Å². The van der Waals surface area contributed by atoms with Gasteiger partial charge >= 0.3 is 0 Å². The molecule has 2 rings (SSSR count).